The molecule has 7 heteroatoms. The Hall–Kier alpha value is -0.210. The minimum atomic E-state index is -3.39. The monoisotopic (exact) mass is 322 g/mol. The summed E-state index contributed by atoms with van der Waals surface area (Å²) >= 11 is 0. The largest absolute Gasteiger partial charge is 0.314 e. The molecule has 0 saturated heterocycles. The Bertz CT molecular complexity index is 356. The second-order valence-corrected chi connectivity index (χ2v) is 7.60. The van der Waals surface area contributed by atoms with Crippen LogP contribution in [0.15, 0.2) is 0 Å². The molecule has 0 aliphatic carbocycles. The third-order valence-electron chi connectivity index (χ3n) is 3.39. The zero-order valence-electron chi connectivity index (χ0n) is 14.5. The lowest BCUT2D eigenvalue weighted by Crippen LogP contribution is -2.47. The summed E-state index contributed by atoms with van der Waals surface area (Å²) in [4.78, 5) is 2.21. The van der Waals surface area contributed by atoms with Gasteiger partial charge in [-0.05, 0) is 33.0 Å². The molecule has 0 amide bonds. The van der Waals surface area contributed by atoms with Crippen LogP contribution in [-0.2, 0) is 10.2 Å². The highest BCUT2D eigenvalue weighted by Gasteiger charge is 2.20. The zero-order chi connectivity index (χ0) is 16.5. The van der Waals surface area contributed by atoms with Crippen LogP contribution in [0.4, 0.5) is 0 Å². The Balaban J connectivity index is 4.21. The highest BCUT2D eigenvalue weighted by molar-refractivity contribution is 7.87. The standard InChI is InChI=1S/C14H34N4O2S/c1-7-18(8-2)12-14(5)16-21(19,20)17(6)11-9-10-15-13(3)4/h13-16H,7-12H2,1-6H3. The number of hydrogen-bond acceptors (Lipinski definition) is 4. The summed E-state index contributed by atoms with van der Waals surface area (Å²) in [6.07, 6.45) is 0.806. The highest BCUT2D eigenvalue weighted by atomic mass is 32.2. The fourth-order valence-electron chi connectivity index (χ4n) is 2.06. The van der Waals surface area contributed by atoms with Gasteiger partial charge in [0, 0.05) is 32.2 Å². The van der Waals surface area contributed by atoms with Gasteiger partial charge in [-0.2, -0.15) is 17.4 Å². The molecule has 128 valence electrons. The summed E-state index contributed by atoms with van der Waals surface area (Å²) in [5.41, 5.74) is 0. The van der Waals surface area contributed by atoms with Gasteiger partial charge < -0.3 is 10.2 Å². The Morgan fingerprint density at radius 2 is 1.67 bits per heavy atom. The van der Waals surface area contributed by atoms with Crippen molar-refractivity contribution in [3.8, 4) is 0 Å². The minimum absolute atomic E-state index is 0.0915. The van der Waals surface area contributed by atoms with Crippen molar-refractivity contribution in [2.24, 2.45) is 0 Å². The minimum Gasteiger partial charge on any atom is -0.314 e. The predicted molar refractivity (Wildman–Crippen MR) is 89.7 cm³/mol. The molecular weight excluding hydrogens is 288 g/mol. The predicted octanol–water partition coefficient (Wildman–Crippen LogP) is 0.871. The van der Waals surface area contributed by atoms with Crippen LogP contribution in [0.2, 0.25) is 0 Å². The third-order valence-corrected chi connectivity index (χ3v) is 5.09. The molecular formula is C14H34N4O2S. The average Bonchev–Trinajstić information content (AvgIpc) is 2.39. The molecule has 0 bridgehead atoms. The molecule has 0 saturated carbocycles. The van der Waals surface area contributed by atoms with E-state index < -0.39 is 10.2 Å². The quantitative estimate of drug-likeness (QED) is 0.523. The summed E-state index contributed by atoms with van der Waals surface area (Å²) in [5.74, 6) is 0. The van der Waals surface area contributed by atoms with E-state index in [0.717, 1.165) is 32.6 Å². The smallest absolute Gasteiger partial charge is 0.279 e. The molecule has 2 N–H and O–H groups in total. The topological polar surface area (TPSA) is 64.7 Å². The summed E-state index contributed by atoms with van der Waals surface area (Å²) in [7, 11) is -1.77. The molecule has 1 unspecified atom stereocenters. The third kappa shape index (κ3) is 9.42. The van der Waals surface area contributed by atoms with Gasteiger partial charge in [0.25, 0.3) is 10.2 Å². The van der Waals surface area contributed by atoms with Crippen LogP contribution in [0.1, 0.15) is 41.0 Å². The lowest BCUT2D eigenvalue weighted by molar-refractivity contribution is 0.280. The van der Waals surface area contributed by atoms with Gasteiger partial charge >= 0.3 is 0 Å². The van der Waals surface area contributed by atoms with Crippen molar-refractivity contribution in [1.29, 1.82) is 0 Å². The summed E-state index contributed by atoms with van der Waals surface area (Å²) in [6, 6.07) is 0.338. The molecule has 0 rings (SSSR count). The van der Waals surface area contributed by atoms with Crippen molar-refractivity contribution < 1.29 is 8.42 Å². The van der Waals surface area contributed by atoms with Crippen molar-refractivity contribution in [3.63, 3.8) is 0 Å². The number of likely N-dealkylation sites (N-methyl/N-ethyl adjacent to an activating group) is 1. The van der Waals surface area contributed by atoms with Crippen molar-refractivity contribution in [2.75, 3.05) is 39.8 Å². The maximum absolute atomic E-state index is 12.2. The first kappa shape index (κ1) is 20.8. The van der Waals surface area contributed by atoms with Gasteiger partial charge in [-0.3, -0.25) is 0 Å². The molecule has 21 heavy (non-hydrogen) atoms. The van der Waals surface area contributed by atoms with Crippen LogP contribution in [0, 0.1) is 0 Å². The number of nitrogens with one attached hydrogen (secondary N) is 2. The first-order valence-corrected chi connectivity index (χ1v) is 9.36. The highest BCUT2D eigenvalue weighted by Crippen LogP contribution is 2.00. The van der Waals surface area contributed by atoms with Gasteiger partial charge in [0.2, 0.25) is 0 Å². The molecule has 0 aliphatic rings. The van der Waals surface area contributed by atoms with Crippen LogP contribution >= 0.6 is 0 Å². The Labute approximate surface area is 131 Å². The molecule has 1 atom stereocenters. The zero-order valence-corrected chi connectivity index (χ0v) is 15.3. The van der Waals surface area contributed by atoms with E-state index in [4.69, 9.17) is 0 Å². The van der Waals surface area contributed by atoms with Gasteiger partial charge in [0.1, 0.15) is 0 Å². The molecule has 0 heterocycles. The number of nitrogens with zero attached hydrogens (tertiary/aromatic N) is 2. The van der Waals surface area contributed by atoms with Crippen molar-refractivity contribution >= 4 is 10.2 Å². The normalized spacial score (nSPS) is 14.3. The lowest BCUT2D eigenvalue weighted by Gasteiger charge is -2.25. The fourth-order valence-corrected chi connectivity index (χ4v) is 3.20. The fraction of sp³-hybridized carbons (Fsp3) is 1.00. The molecule has 0 fully saturated rings. The first-order valence-electron chi connectivity index (χ1n) is 7.92. The van der Waals surface area contributed by atoms with Crippen molar-refractivity contribution in [1.82, 2.24) is 19.2 Å². The lowest BCUT2D eigenvalue weighted by atomic mass is 10.3. The first-order chi connectivity index (χ1) is 9.72. The maximum Gasteiger partial charge on any atom is 0.279 e. The van der Waals surface area contributed by atoms with E-state index in [0.29, 0.717) is 12.6 Å². The van der Waals surface area contributed by atoms with Gasteiger partial charge in [0.05, 0.1) is 0 Å². The van der Waals surface area contributed by atoms with E-state index in [9.17, 15) is 8.42 Å². The Morgan fingerprint density at radius 3 is 2.14 bits per heavy atom. The number of hydrogen-bond donors (Lipinski definition) is 2. The molecule has 0 radical (unpaired) electrons. The van der Waals surface area contributed by atoms with Crippen molar-refractivity contribution in [3.05, 3.63) is 0 Å². The van der Waals surface area contributed by atoms with Crippen LogP contribution < -0.4 is 10.0 Å². The average molecular weight is 323 g/mol. The molecule has 0 aromatic rings. The van der Waals surface area contributed by atoms with Crippen LogP contribution in [-0.4, -0.2) is 69.5 Å². The van der Waals surface area contributed by atoms with E-state index in [1.54, 1.807) is 7.05 Å². The summed E-state index contributed by atoms with van der Waals surface area (Å²) < 4.78 is 28.5. The second kappa shape index (κ2) is 10.5. The van der Waals surface area contributed by atoms with Gasteiger partial charge in [-0.15, -0.1) is 0 Å². The number of rotatable bonds is 12. The van der Waals surface area contributed by atoms with Crippen LogP contribution in [0.25, 0.3) is 0 Å². The van der Waals surface area contributed by atoms with E-state index in [1.807, 2.05) is 6.92 Å². The molecule has 0 aliphatic heterocycles. The Kier molecular flexibility index (Phi) is 10.4. The SMILES string of the molecule is CCN(CC)CC(C)NS(=O)(=O)N(C)CCCNC(C)C. The Morgan fingerprint density at radius 1 is 1.10 bits per heavy atom. The van der Waals surface area contributed by atoms with E-state index in [2.05, 4.69) is 42.6 Å². The molecule has 0 aromatic carbocycles. The van der Waals surface area contributed by atoms with Gasteiger partial charge in [-0.1, -0.05) is 27.7 Å². The molecule has 6 nitrogen and oxygen atoms in total. The summed E-state index contributed by atoms with van der Waals surface area (Å²) in [5, 5.41) is 3.29. The molecule has 0 aromatic heterocycles. The van der Waals surface area contributed by atoms with Crippen molar-refractivity contribution in [2.45, 2.75) is 53.1 Å². The molecule has 0 spiro atoms. The van der Waals surface area contributed by atoms with Gasteiger partial charge in [0.15, 0.2) is 0 Å². The maximum atomic E-state index is 12.2. The van der Waals surface area contributed by atoms with E-state index >= 15 is 0 Å². The summed E-state index contributed by atoms with van der Waals surface area (Å²) in [6.45, 7) is 14.2. The second-order valence-electron chi connectivity index (χ2n) is 5.79. The van der Waals surface area contributed by atoms with Crippen LogP contribution in [0.3, 0.4) is 0 Å². The van der Waals surface area contributed by atoms with E-state index in [1.165, 1.54) is 4.31 Å². The van der Waals surface area contributed by atoms with Gasteiger partial charge in [-0.25, -0.2) is 0 Å². The van der Waals surface area contributed by atoms with Crippen LogP contribution in [0.5, 0.6) is 0 Å². The van der Waals surface area contributed by atoms with E-state index in [-0.39, 0.29) is 6.04 Å².